The number of hydrogen-bond acceptors (Lipinski definition) is 4. The first-order valence-electron chi connectivity index (χ1n) is 7.39. The molecule has 112 valence electrons. The van der Waals surface area contributed by atoms with Gasteiger partial charge in [0.2, 0.25) is 5.91 Å². The number of carbonyl (C=O) groups is 1. The van der Waals surface area contributed by atoms with Gasteiger partial charge in [-0.3, -0.25) is 9.69 Å². The van der Waals surface area contributed by atoms with Gasteiger partial charge in [-0.05, 0) is 26.2 Å². The normalized spacial score (nSPS) is 19.3. The molecule has 0 aromatic carbocycles. The Bertz CT molecular complexity index is 253. The summed E-state index contributed by atoms with van der Waals surface area (Å²) in [5.41, 5.74) is 0. The number of aliphatic hydroxyl groups excluding tert-OH is 1. The number of carbonyl (C=O) groups excluding carboxylic acids is 1. The van der Waals surface area contributed by atoms with Gasteiger partial charge >= 0.3 is 0 Å². The molecule has 5 nitrogen and oxygen atoms in total. The molecule has 19 heavy (non-hydrogen) atoms. The molecule has 1 aliphatic heterocycles. The molecule has 1 amide bonds. The third-order valence-corrected chi connectivity index (χ3v) is 3.48. The third-order valence-electron chi connectivity index (χ3n) is 3.48. The van der Waals surface area contributed by atoms with Crippen LogP contribution >= 0.6 is 0 Å². The molecule has 1 heterocycles. The molecule has 0 aromatic rings. The maximum atomic E-state index is 11.8. The van der Waals surface area contributed by atoms with Crippen molar-refractivity contribution in [3.63, 3.8) is 0 Å². The Morgan fingerprint density at radius 2 is 2.16 bits per heavy atom. The minimum atomic E-state index is 0.0813. The smallest absolute Gasteiger partial charge is 0.234 e. The van der Waals surface area contributed by atoms with Gasteiger partial charge in [0.15, 0.2) is 0 Å². The summed E-state index contributed by atoms with van der Waals surface area (Å²) in [7, 11) is 0. The summed E-state index contributed by atoms with van der Waals surface area (Å²) >= 11 is 0. The second-order valence-corrected chi connectivity index (χ2v) is 5.33. The number of piperidine rings is 1. The molecular formula is C14H28N2O3. The summed E-state index contributed by atoms with van der Waals surface area (Å²) in [4.78, 5) is 14.0. The molecule has 1 atom stereocenters. The van der Waals surface area contributed by atoms with E-state index >= 15 is 0 Å². The van der Waals surface area contributed by atoms with E-state index in [0.29, 0.717) is 13.2 Å². The lowest BCUT2D eigenvalue weighted by Gasteiger charge is -2.31. The number of hydrogen-bond donors (Lipinski definition) is 2. The molecule has 1 unspecified atom stereocenters. The topological polar surface area (TPSA) is 61.8 Å². The quantitative estimate of drug-likeness (QED) is 0.685. The molecule has 0 spiro atoms. The highest BCUT2D eigenvalue weighted by atomic mass is 16.5. The van der Waals surface area contributed by atoms with E-state index < -0.39 is 0 Å². The highest BCUT2D eigenvalue weighted by Gasteiger charge is 2.21. The highest BCUT2D eigenvalue weighted by molar-refractivity contribution is 5.78. The standard InChI is InChI=1S/C14H28N2O3/c1-3-4-12(2)15-14(18)11-16-7-5-13(6-8-16)19-10-9-17/h12-13,17H,3-11H2,1-2H3,(H,15,18). The molecule has 1 fully saturated rings. The number of nitrogens with one attached hydrogen (secondary N) is 1. The first kappa shape index (κ1) is 16.4. The lowest BCUT2D eigenvalue weighted by Crippen LogP contribution is -2.45. The van der Waals surface area contributed by atoms with Gasteiger partial charge in [-0.25, -0.2) is 0 Å². The first-order valence-corrected chi connectivity index (χ1v) is 7.39. The van der Waals surface area contributed by atoms with Gasteiger partial charge < -0.3 is 15.2 Å². The average Bonchev–Trinajstić information content (AvgIpc) is 2.38. The predicted octanol–water partition coefficient (Wildman–Crippen LogP) is 0.765. The number of likely N-dealkylation sites (tertiary alicyclic amines) is 1. The monoisotopic (exact) mass is 272 g/mol. The Hall–Kier alpha value is -0.650. The maximum Gasteiger partial charge on any atom is 0.234 e. The molecule has 0 saturated carbocycles. The fraction of sp³-hybridized carbons (Fsp3) is 0.929. The Kier molecular flexibility index (Phi) is 8.02. The van der Waals surface area contributed by atoms with Crippen LogP contribution < -0.4 is 5.32 Å². The van der Waals surface area contributed by atoms with Crippen molar-refractivity contribution in [1.29, 1.82) is 0 Å². The van der Waals surface area contributed by atoms with Crippen LogP contribution in [-0.2, 0) is 9.53 Å². The van der Waals surface area contributed by atoms with E-state index in [1.807, 2.05) is 0 Å². The number of rotatable bonds is 8. The van der Waals surface area contributed by atoms with E-state index in [1.54, 1.807) is 0 Å². The van der Waals surface area contributed by atoms with Crippen LogP contribution in [-0.4, -0.2) is 60.9 Å². The zero-order valence-corrected chi connectivity index (χ0v) is 12.2. The van der Waals surface area contributed by atoms with Crippen molar-refractivity contribution in [2.75, 3.05) is 32.8 Å². The SMILES string of the molecule is CCCC(C)NC(=O)CN1CCC(OCCO)CC1. The summed E-state index contributed by atoms with van der Waals surface area (Å²) in [5.74, 6) is 0.121. The summed E-state index contributed by atoms with van der Waals surface area (Å²) in [6.45, 7) is 6.95. The van der Waals surface area contributed by atoms with E-state index in [2.05, 4.69) is 24.1 Å². The molecule has 0 aliphatic carbocycles. The van der Waals surface area contributed by atoms with Crippen LogP contribution in [0, 0.1) is 0 Å². The molecule has 0 bridgehead atoms. The van der Waals surface area contributed by atoms with Crippen molar-refractivity contribution in [2.45, 2.75) is 51.7 Å². The van der Waals surface area contributed by atoms with Gasteiger partial charge in [-0.1, -0.05) is 13.3 Å². The van der Waals surface area contributed by atoms with Gasteiger partial charge in [-0.2, -0.15) is 0 Å². The largest absolute Gasteiger partial charge is 0.394 e. The predicted molar refractivity (Wildman–Crippen MR) is 75.0 cm³/mol. The lowest BCUT2D eigenvalue weighted by atomic mass is 10.1. The van der Waals surface area contributed by atoms with E-state index in [4.69, 9.17) is 9.84 Å². The van der Waals surface area contributed by atoms with Crippen LogP contribution in [0.3, 0.4) is 0 Å². The van der Waals surface area contributed by atoms with Gasteiger partial charge in [0.25, 0.3) is 0 Å². The van der Waals surface area contributed by atoms with Gasteiger partial charge in [0.05, 0.1) is 25.9 Å². The number of nitrogens with zero attached hydrogens (tertiary/aromatic N) is 1. The van der Waals surface area contributed by atoms with Gasteiger partial charge in [0, 0.05) is 19.1 Å². The van der Waals surface area contributed by atoms with Crippen LogP contribution in [0.2, 0.25) is 0 Å². The molecule has 2 N–H and O–H groups in total. The van der Waals surface area contributed by atoms with E-state index in [0.717, 1.165) is 38.8 Å². The average molecular weight is 272 g/mol. The molecule has 0 aromatic heterocycles. The molecule has 0 radical (unpaired) electrons. The van der Waals surface area contributed by atoms with Crippen molar-refractivity contribution in [3.8, 4) is 0 Å². The van der Waals surface area contributed by atoms with Crippen LogP contribution in [0.25, 0.3) is 0 Å². The van der Waals surface area contributed by atoms with Crippen molar-refractivity contribution >= 4 is 5.91 Å². The van der Waals surface area contributed by atoms with Crippen LogP contribution in [0.15, 0.2) is 0 Å². The van der Waals surface area contributed by atoms with Crippen molar-refractivity contribution < 1.29 is 14.6 Å². The third kappa shape index (κ3) is 6.89. The Balaban J connectivity index is 2.16. The number of amides is 1. The van der Waals surface area contributed by atoms with E-state index in [1.165, 1.54) is 0 Å². The summed E-state index contributed by atoms with van der Waals surface area (Å²) in [6, 6.07) is 0.267. The molecule has 1 rings (SSSR count). The summed E-state index contributed by atoms with van der Waals surface area (Å²) < 4.78 is 5.50. The van der Waals surface area contributed by atoms with Crippen molar-refractivity contribution in [2.24, 2.45) is 0 Å². The fourth-order valence-electron chi connectivity index (χ4n) is 2.48. The van der Waals surface area contributed by atoms with Gasteiger partial charge in [0.1, 0.15) is 0 Å². The molecular weight excluding hydrogens is 244 g/mol. The second-order valence-electron chi connectivity index (χ2n) is 5.33. The summed E-state index contributed by atoms with van der Waals surface area (Å²) in [5, 5.41) is 11.7. The highest BCUT2D eigenvalue weighted by Crippen LogP contribution is 2.13. The summed E-state index contributed by atoms with van der Waals surface area (Å²) in [6.07, 6.45) is 4.25. The number of aliphatic hydroxyl groups is 1. The molecule has 1 aliphatic rings. The second kappa shape index (κ2) is 9.28. The van der Waals surface area contributed by atoms with E-state index in [9.17, 15) is 4.79 Å². The fourth-order valence-corrected chi connectivity index (χ4v) is 2.48. The molecule has 1 saturated heterocycles. The Morgan fingerprint density at radius 1 is 1.47 bits per heavy atom. The minimum absolute atomic E-state index is 0.0813. The zero-order valence-electron chi connectivity index (χ0n) is 12.2. The zero-order chi connectivity index (χ0) is 14.1. The molecule has 5 heteroatoms. The van der Waals surface area contributed by atoms with Gasteiger partial charge in [-0.15, -0.1) is 0 Å². The van der Waals surface area contributed by atoms with E-state index in [-0.39, 0.29) is 24.7 Å². The van der Waals surface area contributed by atoms with Crippen LogP contribution in [0.5, 0.6) is 0 Å². The van der Waals surface area contributed by atoms with Crippen molar-refractivity contribution in [1.82, 2.24) is 10.2 Å². The Morgan fingerprint density at radius 3 is 2.74 bits per heavy atom. The number of ether oxygens (including phenoxy) is 1. The first-order chi connectivity index (χ1) is 9.15. The lowest BCUT2D eigenvalue weighted by molar-refractivity contribution is -0.123. The van der Waals surface area contributed by atoms with Crippen LogP contribution in [0.4, 0.5) is 0 Å². The van der Waals surface area contributed by atoms with Crippen molar-refractivity contribution in [3.05, 3.63) is 0 Å². The van der Waals surface area contributed by atoms with Crippen LogP contribution in [0.1, 0.15) is 39.5 Å². The maximum absolute atomic E-state index is 11.8. The minimum Gasteiger partial charge on any atom is -0.394 e. The Labute approximate surface area is 116 Å².